The first kappa shape index (κ1) is 22.7. The van der Waals surface area contributed by atoms with Crippen molar-refractivity contribution >= 4 is 23.7 Å². The van der Waals surface area contributed by atoms with Crippen molar-refractivity contribution in [3.63, 3.8) is 0 Å². The number of carbonyl (C=O) groups is 3. The minimum atomic E-state index is -0.925. The molecular formula is C27H26N2O6. The zero-order valence-electron chi connectivity index (χ0n) is 19.0. The van der Waals surface area contributed by atoms with E-state index in [4.69, 9.17) is 9.15 Å². The number of carboxylic acids is 1. The summed E-state index contributed by atoms with van der Waals surface area (Å²) in [5, 5.41) is 14.8. The van der Waals surface area contributed by atoms with Crippen molar-refractivity contribution in [2.75, 3.05) is 11.9 Å². The molecule has 0 bridgehead atoms. The van der Waals surface area contributed by atoms with Gasteiger partial charge in [0.2, 0.25) is 5.76 Å². The van der Waals surface area contributed by atoms with Gasteiger partial charge in [-0.25, -0.2) is 4.79 Å². The van der Waals surface area contributed by atoms with E-state index in [0.717, 1.165) is 35.1 Å². The molecule has 2 aromatic carbocycles. The van der Waals surface area contributed by atoms with Gasteiger partial charge in [-0.15, -0.1) is 0 Å². The summed E-state index contributed by atoms with van der Waals surface area (Å²) in [6.45, 7) is 0.140. The monoisotopic (exact) mass is 474 g/mol. The number of ether oxygens (including phenoxy) is 1. The van der Waals surface area contributed by atoms with Crippen molar-refractivity contribution < 1.29 is 28.6 Å². The molecule has 1 fully saturated rings. The number of benzene rings is 2. The summed E-state index contributed by atoms with van der Waals surface area (Å²) in [5.41, 5.74) is 4.64. The SMILES string of the molecule is O=C(Nc1ccoc1C(=O)N[C@@H]1CCCC[C@@H]1C(=O)O)OCC1c2ccccc2-c2ccccc21. The fourth-order valence-electron chi connectivity index (χ4n) is 5.16. The molecule has 0 aliphatic heterocycles. The molecule has 0 saturated heterocycles. The average Bonchev–Trinajstić information content (AvgIpc) is 3.45. The Morgan fingerprint density at radius 1 is 0.943 bits per heavy atom. The summed E-state index contributed by atoms with van der Waals surface area (Å²) in [6.07, 6.45) is 3.35. The Hall–Kier alpha value is -4.07. The highest BCUT2D eigenvalue weighted by Crippen LogP contribution is 2.44. The molecule has 1 saturated carbocycles. The molecule has 2 aliphatic carbocycles. The lowest BCUT2D eigenvalue weighted by Crippen LogP contribution is -2.45. The number of hydrogen-bond donors (Lipinski definition) is 3. The Morgan fingerprint density at radius 3 is 2.29 bits per heavy atom. The van der Waals surface area contributed by atoms with Gasteiger partial charge in [-0.3, -0.25) is 14.9 Å². The van der Waals surface area contributed by atoms with Crippen molar-refractivity contribution in [2.45, 2.75) is 37.6 Å². The first-order valence-corrected chi connectivity index (χ1v) is 11.8. The van der Waals surface area contributed by atoms with E-state index in [1.165, 1.54) is 12.3 Å². The number of carboxylic acid groups (broad SMARTS) is 1. The number of rotatable bonds is 6. The third-order valence-electron chi connectivity index (χ3n) is 6.85. The number of carbonyl (C=O) groups excluding carboxylic acids is 2. The molecule has 2 atom stereocenters. The van der Waals surface area contributed by atoms with Gasteiger partial charge in [-0.1, -0.05) is 61.4 Å². The van der Waals surface area contributed by atoms with Gasteiger partial charge in [-0.2, -0.15) is 0 Å². The summed E-state index contributed by atoms with van der Waals surface area (Å²) in [6, 6.07) is 17.1. The lowest BCUT2D eigenvalue weighted by Gasteiger charge is -2.28. The second kappa shape index (κ2) is 9.66. The Morgan fingerprint density at radius 2 is 1.60 bits per heavy atom. The molecular weight excluding hydrogens is 448 g/mol. The summed E-state index contributed by atoms with van der Waals surface area (Å²) < 4.78 is 10.9. The van der Waals surface area contributed by atoms with Crippen molar-refractivity contribution in [3.8, 4) is 11.1 Å². The van der Waals surface area contributed by atoms with E-state index in [1.54, 1.807) is 0 Å². The van der Waals surface area contributed by atoms with Gasteiger partial charge >= 0.3 is 12.1 Å². The minimum Gasteiger partial charge on any atom is -0.481 e. The lowest BCUT2D eigenvalue weighted by molar-refractivity contribution is -0.143. The number of aliphatic carboxylic acids is 1. The number of fused-ring (bicyclic) bond motifs is 3. The van der Waals surface area contributed by atoms with Crippen LogP contribution in [0.5, 0.6) is 0 Å². The summed E-state index contributed by atoms with van der Waals surface area (Å²) >= 11 is 0. The van der Waals surface area contributed by atoms with E-state index < -0.39 is 29.9 Å². The average molecular weight is 475 g/mol. The Kier molecular flexibility index (Phi) is 6.27. The number of amides is 2. The van der Waals surface area contributed by atoms with Crippen LogP contribution in [0.15, 0.2) is 65.3 Å². The lowest BCUT2D eigenvalue weighted by atomic mass is 9.84. The van der Waals surface area contributed by atoms with Gasteiger partial charge in [0.25, 0.3) is 5.91 Å². The van der Waals surface area contributed by atoms with Crippen LogP contribution in [-0.4, -0.2) is 35.7 Å². The third kappa shape index (κ3) is 4.51. The van der Waals surface area contributed by atoms with Gasteiger partial charge in [0.15, 0.2) is 0 Å². The van der Waals surface area contributed by atoms with Crippen molar-refractivity contribution in [2.24, 2.45) is 5.92 Å². The number of hydrogen-bond acceptors (Lipinski definition) is 5. The second-order valence-electron chi connectivity index (χ2n) is 8.92. The predicted octanol–water partition coefficient (Wildman–Crippen LogP) is 5.01. The molecule has 180 valence electrons. The van der Waals surface area contributed by atoms with Crippen LogP contribution in [-0.2, 0) is 9.53 Å². The molecule has 3 aromatic rings. The molecule has 0 unspecified atom stereocenters. The molecule has 1 heterocycles. The Bertz CT molecular complexity index is 1220. The summed E-state index contributed by atoms with van der Waals surface area (Å²) in [4.78, 5) is 36.9. The molecule has 8 nitrogen and oxygen atoms in total. The highest BCUT2D eigenvalue weighted by atomic mass is 16.5. The fraction of sp³-hybridized carbons (Fsp3) is 0.296. The van der Waals surface area contributed by atoms with Crippen molar-refractivity contribution in [1.82, 2.24) is 5.32 Å². The predicted molar refractivity (Wildman–Crippen MR) is 128 cm³/mol. The number of furan rings is 1. The van der Waals surface area contributed by atoms with E-state index in [2.05, 4.69) is 22.8 Å². The van der Waals surface area contributed by atoms with Gasteiger partial charge in [-0.05, 0) is 35.1 Å². The number of nitrogens with one attached hydrogen (secondary N) is 2. The first-order chi connectivity index (χ1) is 17.0. The van der Waals surface area contributed by atoms with Crippen LogP contribution >= 0.6 is 0 Å². The van der Waals surface area contributed by atoms with Crippen LogP contribution in [0.25, 0.3) is 11.1 Å². The van der Waals surface area contributed by atoms with Crippen LogP contribution < -0.4 is 10.6 Å². The number of anilines is 1. The molecule has 35 heavy (non-hydrogen) atoms. The fourth-order valence-corrected chi connectivity index (χ4v) is 5.16. The van der Waals surface area contributed by atoms with Crippen molar-refractivity contribution in [1.29, 1.82) is 0 Å². The zero-order valence-corrected chi connectivity index (χ0v) is 19.0. The van der Waals surface area contributed by atoms with Gasteiger partial charge in [0.05, 0.1) is 17.9 Å². The maximum Gasteiger partial charge on any atom is 0.411 e. The summed E-state index contributed by atoms with van der Waals surface area (Å²) in [5.74, 6) is -2.30. The van der Waals surface area contributed by atoms with E-state index >= 15 is 0 Å². The van der Waals surface area contributed by atoms with Crippen LogP contribution in [0.1, 0.15) is 53.3 Å². The minimum absolute atomic E-state index is 0.0838. The van der Waals surface area contributed by atoms with Crippen LogP contribution in [0.3, 0.4) is 0 Å². The quantitative estimate of drug-likeness (QED) is 0.462. The van der Waals surface area contributed by atoms with Crippen LogP contribution in [0.4, 0.5) is 10.5 Å². The van der Waals surface area contributed by atoms with Gasteiger partial charge < -0.3 is 19.6 Å². The molecule has 2 aliphatic rings. The largest absolute Gasteiger partial charge is 0.481 e. The first-order valence-electron chi connectivity index (χ1n) is 11.8. The molecule has 8 heteroatoms. The zero-order chi connectivity index (χ0) is 24.4. The molecule has 2 amide bonds. The standard InChI is InChI=1S/C27H26N2O6/c30-25(28-22-12-6-5-11-20(22)26(31)32)24-23(13-14-34-24)29-27(33)35-15-21-18-9-3-1-7-16(18)17-8-2-4-10-19(17)21/h1-4,7-10,13-14,20-22H,5-6,11-12,15H2,(H,28,30)(H,29,33)(H,31,32)/t20-,22+/m0/s1. The van der Waals surface area contributed by atoms with E-state index in [1.807, 2.05) is 36.4 Å². The highest BCUT2D eigenvalue weighted by Gasteiger charge is 2.33. The van der Waals surface area contributed by atoms with E-state index in [0.29, 0.717) is 12.8 Å². The van der Waals surface area contributed by atoms with Gasteiger partial charge in [0.1, 0.15) is 6.61 Å². The Labute approximate surface area is 202 Å². The Balaban J connectivity index is 1.23. The molecule has 3 N–H and O–H groups in total. The van der Waals surface area contributed by atoms with Crippen LogP contribution in [0.2, 0.25) is 0 Å². The topological polar surface area (TPSA) is 118 Å². The smallest absolute Gasteiger partial charge is 0.411 e. The molecule has 0 radical (unpaired) electrons. The maximum absolute atomic E-state index is 12.8. The van der Waals surface area contributed by atoms with E-state index in [-0.39, 0.29) is 24.0 Å². The van der Waals surface area contributed by atoms with Crippen LogP contribution in [0, 0.1) is 5.92 Å². The second-order valence-corrected chi connectivity index (χ2v) is 8.92. The third-order valence-corrected chi connectivity index (χ3v) is 6.85. The maximum atomic E-state index is 12.8. The van der Waals surface area contributed by atoms with Gasteiger partial charge in [0, 0.05) is 18.0 Å². The summed E-state index contributed by atoms with van der Waals surface area (Å²) in [7, 11) is 0. The van der Waals surface area contributed by atoms with E-state index in [9.17, 15) is 19.5 Å². The molecule has 0 spiro atoms. The normalized spacial score (nSPS) is 18.9. The molecule has 1 aromatic heterocycles. The van der Waals surface area contributed by atoms with Crippen molar-refractivity contribution in [3.05, 3.63) is 77.7 Å². The highest BCUT2D eigenvalue weighted by molar-refractivity contribution is 6.00. The molecule has 5 rings (SSSR count).